The monoisotopic (exact) mass is 306 g/mol. The number of halogens is 1. The first-order chi connectivity index (χ1) is 6.22. The summed E-state index contributed by atoms with van der Waals surface area (Å²) in [6, 6.07) is 3.46. The van der Waals surface area contributed by atoms with E-state index in [1.807, 2.05) is 11.9 Å². The van der Waals surface area contributed by atoms with Crippen LogP contribution in [0.15, 0.2) is 16.6 Å². The summed E-state index contributed by atoms with van der Waals surface area (Å²) < 4.78 is 1.77. The van der Waals surface area contributed by atoms with Crippen LogP contribution in [0.5, 0.6) is 0 Å². The summed E-state index contributed by atoms with van der Waals surface area (Å²) in [5, 5.41) is 0. The van der Waals surface area contributed by atoms with E-state index in [1.54, 1.807) is 6.07 Å². The van der Waals surface area contributed by atoms with Crippen molar-refractivity contribution < 1.29 is 9.59 Å². The molecule has 0 aliphatic carbocycles. The van der Waals surface area contributed by atoms with Gasteiger partial charge < -0.3 is 0 Å². The zero-order chi connectivity index (χ0) is 9.84. The molecule has 2 nitrogen and oxygen atoms in total. The Kier molecular flexibility index (Phi) is 3.85. The second-order valence-electron chi connectivity index (χ2n) is 2.35. The van der Waals surface area contributed by atoms with Gasteiger partial charge in [0.15, 0.2) is 0 Å². The molecule has 1 aromatic carbocycles. The third-order valence-electron chi connectivity index (χ3n) is 1.60. The quantitative estimate of drug-likeness (QED) is 0.626. The van der Waals surface area contributed by atoms with Crippen molar-refractivity contribution >= 4 is 47.9 Å². The van der Waals surface area contributed by atoms with Gasteiger partial charge in [0.1, 0.15) is 0 Å². The molecule has 0 N–H and O–H groups in total. The van der Waals surface area contributed by atoms with Gasteiger partial charge in [-0.05, 0) is 0 Å². The van der Waals surface area contributed by atoms with Crippen LogP contribution in [0.3, 0.4) is 0 Å². The minimum absolute atomic E-state index is 0.264. The Bertz CT molecular complexity index is 350. The second kappa shape index (κ2) is 4.70. The summed E-state index contributed by atoms with van der Waals surface area (Å²) in [4.78, 5) is 21.2. The molecule has 1 rings (SSSR count). The van der Waals surface area contributed by atoms with Crippen LogP contribution in [-0.2, 0) is 0 Å². The number of carbonyl (C=O) groups excluding carboxylic acids is 2. The van der Waals surface area contributed by atoms with Gasteiger partial charge in [-0.3, -0.25) is 0 Å². The molecule has 1 aromatic rings. The van der Waals surface area contributed by atoms with E-state index in [9.17, 15) is 9.59 Å². The number of hydrogen-bond acceptors (Lipinski definition) is 2. The Morgan fingerprint density at radius 3 is 2.31 bits per heavy atom. The van der Waals surface area contributed by atoms with Crippen molar-refractivity contribution in [2.24, 2.45) is 0 Å². The molecule has 0 saturated heterocycles. The maximum absolute atomic E-state index is 10.6. The van der Waals surface area contributed by atoms with Crippen molar-refractivity contribution in [1.82, 2.24) is 0 Å². The molecule has 68 valence electrons. The topological polar surface area (TPSA) is 34.1 Å². The molecule has 0 saturated carbocycles. The molecule has 13 heavy (non-hydrogen) atoms. The average molecular weight is 306 g/mol. The van der Waals surface area contributed by atoms with Crippen LogP contribution in [0.2, 0.25) is 5.82 Å². The molecule has 0 aliphatic rings. The number of hydrogen-bond donors (Lipinski definition) is 0. The van der Waals surface area contributed by atoms with Gasteiger partial charge in [0.05, 0.1) is 0 Å². The number of rotatable bonds is 3. The van der Waals surface area contributed by atoms with Crippen LogP contribution in [0.1, 0.15) is 20.7 Å². The van der Waals surface area contributed by atoms with Crippen molar-refractivity contribution in [3.63, 3.8) is 0 Å². The van der Waals surface area contributed by atoms with Gasteiger partial charge in [-0.1, -0.05) is 0 Å². The van der Waals surface area contributed by atoms with Gasteiger partial charge >= 0.3 is 91.1 Å². The summed E-state index contributed by atoms with van der Waals surface area (Å²) in [6.07, 6.45) is 1.53. The van der Waals surface area contributed by atoms with Crippen LogP contribution < -0.4 is 4.46 Å². The molecule has 0 unspecified atom stereocenters. The summed E-state index contributed by atoms with van der Waals surface area (Å²) in [5.41, 5.74) is 1.14. The van der Waals surface area contributed by atoms with E-state index < -0.39 is 0 Å². The molecule has 0 amide bonds. The molecule has 0 bridgehead atoms. The standard InChI is InChI=1S/C9H7BrO2Se/c1-13-9-3-8(10)6(4-11)2-7(9)5-12/h2-5H,1H3. The number of carbonyl (C=O) groups is 2. The zero-order valence-corrected chi connectivity index (χ0v) is 10.2. The Labute approximate surface area is 91.0 Å². The summed E-state index contributed by atoms with van der Waals surface area (Å²) in [6.45, 7) is 0. The van der Waals surface area contributed by atoms with Crippen LogP contribution >= 0.6 is 15.9 Å². The molecule has 0 radical (unpaired) electrons. The van der Waals surface area contributed by atoms with E-state index in [0.29, 0.717) is 11.1 Å². The fourth-order valence-corrected chi connectivity index (χ4v) is 2.94. The fourth-order valence-electron chi connectivity index (χ4n) is 0.949. The normalized spacial score (nSPS) is 9.69. The van der Waals surface area contributed by atoms with Gasteiger partial charge in [-0.2, -0.15) is 0 Å². The average Bonchev–Trinajstić information content (AvgIpc) is 2.17. The van der Waals surface area contributed by atoms with Crippen molar-refractivity contribution in [3.8, 4) is 0 Å². The van der Waals surface area contributed by atoms with E-state index in [2.05, 4.69) is 15.9 Å². The number of benzene rings is 1. The zero-order valence-electron chi connectivity index (χ0n) is 6.91. The molecule has 4 heteroatoms. The Hall–Kier alpha value is -0.441. The third-order valence-corrected chi connectivity index (χ3v) is 3.95. The molecule has 0 aliphatic heterocycles. The summed E-state index contributed by atoms with van der Waals surface area (Å²) in [7, 11) is 0. The van der Waals surface area contributed by atoms with Gasteiger partial charge in [0, 0.05) is 0 Å². The molecule has 0 spiro atoms. The van der Waals surface area contributed by atoms with E-state index in [-0.39, 0.29) is 15.0 Å². The van der Waals surface area contributed by atoms with Crippen molar-refractivity contribution in [2.45, 2.75) is 5.82 Å². The SMILES string of the molecule is C[Se]c1cc(Br)c(C=O)cc1C=O. The van der Waals surface area contributed by atoms with Crippen LogP contribution in [0.25, 0.3) is 0 Å². The predicted octanol–water partition coefficient (Wildman–Crippen LogP) is 1.45. The van der Waals surface area contributed by atoms with E-state index >= 15 is 0 Å². The van der Waals surface area contributed by atoms with Crippen LogP contribution in [0, 0.1) is 0 Å². The molecular formula is C9H7BrO2Se. The van der Waals surface area contributed by atoms with E-state index in [1.165, 1.54) is 0 Å². The predicted molar refractivity (Wildman–Crippen MR) is 56.2 cm³/mol. The van der Waals surface area contributed by atoms with Crippen molar-refractivity contribution in [2.75, 3.05) is 0 Å². The van der Waals surface area contributed by atoms with E-state index in [4.69, 9.17) is 0 Å². The Balaban J connectivity index is 3.34. The van der Waals surface area contributed by atoms with Crippen LogP contribution in [0.4, 0.5) is 0 Å². The van der Waals surface area contributed by atoms with Gasteiger partial charge in [-0.15, -0.1) is 0 Å². The van der Waals surface area contributed by atoms with Gasteiger partial charge in [0.2, 0.25) is 0 Å². The van der Waals surface area contributed by atoms with E-state index in [0.717, 1.165) is 21.5 Å². The summed E-state index contributed by atoms with van der Waals surface area (Å²) >= 11 is 3.54. The Morgan fingerprint density at radius 2 is 1.85 bits per heavy atom. The second-order valence-corrected chi connectivity index (χ2v) is 4.99. The summed E-state index contributed by atoms with van der Waals surface area (Å²) in [5.74, 6) is 2.03. The minimum atomic E-state index is 0.264. The molecular weight excluding hydrogens is 299 g/mol. The number of aldehydes is 2. The van der Waals surface area contributed by atoms with Gasteiger partial charge in [-0.25, -0.2) is 0 Å². The van der Waals surface area contributed by atoms with Crippen molar-refractivity contribution in [3.05, 3.63) is 27.7 Å². The van der Waals surface area contributed by atoms with Crippen molar-refractivity contribution in [1.29, 1.82) is 0 Å². The fraction of sp³-hybridized carbons (Fsp3) is 0.111. The third kappa shape index (κ3) is 2.27. The molecule has 0 fully saturated rings. The molecule has 0 aromatic heterocycles. The molecule has 0 heterocycles. The first kappa shape index (κ1) is 10.6. The van der Waals surface area contributed by atoms with Crippen LogP contribution in [-0.4, -0.2) is 27.5 Å². The maximum atomic E-state index is 10.6. The Morgan fingerprint density at radius 1 is 1.23 bits per heavy atom. The first-order valence-electron chi connectivity index (χ1n) is 3.50. The molecule has 0 atom stereocenters. The first-order valence-corrected chi connectivity index (χ1v) is 6.87. The van der Waals surface area contributed by atoms with Gasteiger partial charge in [0.25, 0.3) is 0 Å².